The summed E-state index contributed by atoms with van der Waals surface area (Å²) < 4.78 is 6.53. The van der Waals surface area contributed by atoms with Crippen LogP contribution >= 0.6 is 15.9 Å². The first-order valence-corrected chi connectivity index (χ1v) is 8.63. The molecule has 1 N–H and O–H groups in total. The number of benzene rings is 1. The quantitative estimate of drug-likeness (QED) is 0.868. The third-order valence-electron chi connectivity index (χ3n) is 4.15. The second-order valence-electron chi connectivity index (χ2n) is 7.18. The Morgan fingerprint density at radius 2 is 2.09 bits per heavy atom. The highest BCUT2D eigenvalue weighted by Crippen LogP contribution is 2.33. The van der Waals surface area contributed by atoms with Crippen LogP contribution in [0.5, 0.6) is 0 Å². The van der Waals surface area contributed by atoms with Crippen LogP contribution in [0.25, 0.3) is 0 Å². The summed E-state index contributed by atoms with van der Waals surface area (Å²) in [5, 5.41) is 3.67. The zero-order chi connectivity index (χ0) is 15.9. The van der Waals surface area contributed by atoms with Gasteiger partial charge < -0.3 is 15.0 Å². The molecule has 120 valence electrons. The van der Waals surface area contributed by atoms with E-state index >= 15 is 0 Å². The minimum absolute atomic E-state index is 0.207. The number of fused-ring (bicyclic) bond motifs is 1. The van der Waals surface area contributed by atoms with Crippen molar-refractivity contribution in [2.24, 2.45) is 0 Å². The predicted octanol–water partition coefficient (Wildman–Crippen LogP) is 3.65. The SMILES string of the molecule is CC(C)(C)OC(=O)N1CC(NC2CCc3cc(Br)ccc32)C1. The van der Waals surface area contributed by atoms with Gasteiger partial charge in [-0.05, 0) is 56.9 Å². The molecule has 1 aliphatic heterocycles. The number of likely N-dealkylation sites (tertiary alicyclic amines) is 1. The van der Waals surface area contributed by atoms with Crippen LogP contribution in [-0.4, -0.2) is 35.7 Å². The average molecular weight is 367 g/mol. The van der Waals surface area contributed by atoms with Crippen LogP contribution in [0.15, 0.2) is 22.7 Å². The molecule has 1 atom stereocenters. The van der Waals surface area contributed by atoms with Gasteiger partial charge in [0, 0.05) is 29.6 Å². The van der Waals surface area contributed by atoms with Crippen molar-refractivity contribution < 1.29 is 9.53 Å². The van der Waals surface area contributed by atoms with E-state index in [1.165, 1.54) is 11.1 Å². The molecule has 3 rings (SSSR count). The first kappa shape index (κ1) is 15.8. The number of ether oxygens (including phenoxy) is 1. The molecule has 1 aliphatic carbocycles. The maximum Gasteiger partial charge on any atom is 0.410 e. The van der Waals surface area contributed by atoms with E-state index in [1.54, 1.807) is 4.90 Å². The van der Waals surface area contributed by atoms with Crippen LogP contribution in [-0.2, 0) is 11.2 Å². The molecule has 22 heavy (non-hydrogen) atoms. The fourth-order valence-corrected chi connectivity index (χ4v) is 3.51. The number of carbonyl (C=O) groups excluding carboxylic acids is 1. The highest BCUT2D eigenvalue weighted by Gasteiger charge is 2.36. The fourth-order valence-electron chi connectivity index (χ4n) is 3.10. The summed E-state index contributed by atoms with van der Waals surface area (Å²) in [4.78, 5) is 13.7. The smallest absolute Gasteiger partial charge is 0.410 e. The Kier molecular flexibility index (Phi) is 4.21. The molecule has 2 aliphatic rings. The van der Waals surface area contributed by atoms with Crippen LogP contribution in [0.4, 0.5) is 4.79 Å². The largest absolute Gasteiger partial charge is 0.444 e. The molecule has 1 amide bonds. The number of rotatable bonds is 2. The van der Waals surface area contributed by atoms with Gasteiger partial charge >= 0.3 is 6.09 Å². The van der Waals surface area contributed by atoms with Crippen molar-refractivity contribution in [3.05, 3.63) is 33.8 Å². The third kappa shape index (κ3) is 3.46. The van der Waals surface area contributed by atoms with Gasteiger partial charge in [0.25, 0.3) is 0 Å². The molecular formula is C17H23BrN2O2. The molecule has 1 aromatic carbocycles. The molecule has 4 nitrogen and oxygen atoms in total. The summed E-state index contributed by atoms with van der Waals surface area (Å²) in [5.41, 5.74) is 2.40. The van der Waals surface area contributed by atoms with Crippen LogP contribution in [0.2, 0.25) is 0 Å². The van der Waals surface area contributed by atoms with Gasteiger partial charge in [0.2, 0.25) is 0 Å². The zero-order valence-corrected chi connectivity index (χ0v) is 14.9. The van der Waals surface area contributed by atoms with E-state index in [-0.39, 0.29) is 6.09 Å². The molecule has 0 spiro atoms. The molecule has 5 heteroatoms. The summed E-state index contributed by atoms with van der Waals surface area (Å²) in [7, 11) is 0. The molecule has 1 aromatic rings. The Balaban J connectivity index is 1.51. The molecule has 1 unspecified atom stereocenters. The van der Waals surface area contributed by atoms with E-state index in [4.69, 9.17) is 4.74 Å². The molecular weight excluding hydrogens is 344 g/mol. The van der Waals surface area contributed by atoms with Crippen LogP contribution in [0, 0.1) is 0 Å². The van der Waals surface area contributed by atoms with Gasteiger partial charge in [-0.15, -0.1) is 0 Å². The first-order valence-electron chi connectivity index (χ1n) is 7.84. The summed E-state index contributed by atoms with van der Waals surface area (Å²) in [5.74, 6) is 0. The minimum Gasteiger partial charge on any atom is -0.444 e. The van der Waals surface area contributed by atoms with Crippen molar-refractivity contribution in [3.8, 4) is 0 Å². The van der Waals surface area contributed by atoms with Crippen molar-refractivity contribution >= 4 is 22.0 Å². The number of hydrogen-bond acceptors (Lipinski definition) is 3. The summed E-state index contributed by atoms with van der Waals surface area (Å²) in [6, 6.07) is 7.30. The van der Waals surface area contributed by atoms with Crippen molar-refractivity contribution in [3.63, 3.8) is 0 Å². The van der Waals surface area contributed by atoms with Gasteiger partial charge in [0.05, 0.1) is 0 Å². The lowest BCUT2D eigenvalue weighted by atomic mass is 10.0. The topological polar surface area (TPSA) is 41.6 Å². The minimum atomic E-state index is -0.423. The molecule has 0 saturated carbocycles. The summed E-state index contributed by atoms with van der Waals surface area (Å²) >= 11 is 3.53. The third-order valence-corrected chi connectivity index (χ3v) is 4.65. The van der Waals surface area contributed by atoms with E-state index in [0.29, 0.717) is 12.1 Å². The second kappa shape index (κ2) is 5.85. The van der Waals surface area contributed by atoms with Gasteiger partial charge in [0.1, 0.15) is 5.60 Å². The Bertz CT molecular complexity index is 577. The maximum absolute atomic E-state index is 11.9. The molecule has 1 saturated heterocycles. The highest BCUT2D eigenvalue weighted by molar-refractivity contribution is 9.10. The van der Waals surface area contributed by atoms with Gasteiger partial charge in [-0.25, -0.2) is 4.79 Å². The van der Waals surface area contributed by atoms with Gasteiger partial charge in [0.15, 0.2) is 0 Å². The van der Waals surface area contributed by atoms with Gasteiger partial charge in [-0.3, -0.25) is 0 Å². The van der Waals surface area contributed by atoms with E-state index < -0.39 is 5.60 Å². The lowest BCUT2D eigenvalue weighted by Crippen LogP contribution is -2.60. The lowest BCUT2D eigenvalue weighted by molar-refractivity contribution is 0.00415. The fraction of sp³-hybridized carbons (Fsp3) is 0.588. The summed E-state index contributed by atoms with van der Waals surface area (Å²) in [6.07, 6.45) is 2.05. The van der Waals surface area contributed by atoms with E-state index in [0.717, 1.165) is 30.4 Å². The van der Waals surface area contributed by atoms with Gasteiger partial charge in [-0.1, -0.05) is 22.0 Å². The number of halogens is 1. The highest BCUT2D eigenvalue weighted by atomic mass is 79.9. The molecule has 1 heterocycles. The van der Waals surface area contributed by atoms with Crippen molar-refractivity contribution in [1.82, 2.24) is 10.2 Å². The Labute approximate surface area is 140 Å². The monoisotopic (exact) mass is 366 g/mol. The standard InChI is InChI=1S/C17H23BrN2O2/c1-17(2,3)22-16(21)20-9-13(10-20)19-15-7-4-11-8-12(18)5-6-14(11)15/h5-6,8,13,15,19H,4,7,9-10H2,1-3H3. The zero-order valence-electron chi connectivity index (χ0n) is 13.4. The van der Waals surface area contributed by atoms with E-state index in [2.05, 4.69) is 39.4 Å². The Hall–Kier alpha value is -1.07. The molecule has 1 fully saturated rings. The van der Waals surface area contributed by atoms with Crippen molar-refractivity contribution in [2.75, 3.05) is 13.1 Å². The maximum atomic E-state index is 11.9. The summed E-state index contributed by atoms with van der Waals surface area (Å²) in [6.45, 7) is 7.16. The number of nitrogens with one attached hydrogen (secondary N) is 1. The Morgan fingerprint density at radius 3 is 2.77 bits per heavy atom. The molecule has 0 radical (unpaired) electrons. The lowest BCUT2D eigenvalue weighted by Gasteiger charge is -2.41. The number of nitrogens with zero attached hydrogens (tertiary/aromatic N) is 1. The molecule has 0 aromatic heterocycles. The number of hydrogen-bond donors (Lipinski definition) is 1. The second-order valence-corrected chi connectivity index (χ2v) is 8.10. The van der Waals surface area contributed by atoms with Crippen molar-refractivity contribution in [2.45, 2.75) is 51.3 Å². The Morgan fingerprint density at radius 1 is 1.36 bits per heavy atom. The normalized spacial score (nSPS) is 21.5. The first-order chi connectivity index (χ1) is 10.3. The average Bonchev–Trinajstić information content (AvgIpc) is 2.73. The predicted molar refractivity (Wildman–Crippen MR) is 89.9 cm³/mol. The molecule has 0 bridgehead atoms. The number of aryl methyl sites for hydroxylation is 1. The van der Waals surface area contributed by atoms with Crippen LogP contribution in [0.3, 0.4) is 0 Å². The van der Waals surface area contributed by atoms with Gasteiger partial charge in [-0.2, -0.15) is 0 Å². The van der Waals surface area contributed by atoms with E-state index in [1.807, 2.05) is 20.8 Å². The van der Waals surface area contributed by atoms with Crippen LogP contribution in [0.1, 0.15) is 44.4 Å². The number of amides is 1. The van der Waals surface area contributed by atoms with Crippen molar-refractivity contribution in [1.29, 1.82) is 0 Å². The van der Waals surface area contributed by atoms with E-state index in [9.17, 15) is 4.79 Å². The number of carbonyl (C=O) groups is 1. The van der Waals surface area contributed by atoms with Crippen LogP contribution < -0.4 is 5.32 Å².